The van der Waals surface area contributed by atoms with E-state index in [1.54, 1.807) is 6.33 Å². The summed E-state index contributed by atoms with van der Waals surface area (Å²) in [7, 11) is 1.92. The van der Waals surface area contributed by atoms with Gasteiger partial charge in [-0.25, -0.2) is 14.1 Å². The molecule has 0 saturated carbocycles. The van der Waals surface area contributed by atoms with Crippen molar-refractivity contribution in [2.45, 2.75) is 32.2 Å². The Morgan fingerprint density at radius 2 is 1.95 bits per heavy atom. The van der Waals surface area contributed by atoms with Crippen LogP contribution < -0.4 is 5.32 Å². The van der Waals surface area contributed by atoms with Gasteiger partial charge in [-0.05, 0) is 38.6 Å². The van der Waals surface area contributed by atoms with Crippen molar-refractivity contribution in [2.75, 3.05) is 13.6 Å². The predicted octanol–water partition coefficient (Wildman–Crippen LogP) is 2.54. The van der Waals surface area contributed by atoms with Crippen LogP contribution >= 0.6 is 0 Å². The van der Waals surface area contributed by atoms with Crippen molar-refractivity contribution >= 4 is 0 Å². The number of benzene rings is 1. The Hall–Kier alpha value is -1.75. The molecule has 2 rings (SSSR count). The van der Waals surface area contributed by atoms with Gasteiger partial charge in [0.2, 0.25) is 0 Å². The minimum absolute atomic E-state index is 0.206. The molecule has 20 heavy (non-hydrogen) atoms. The maximum Gasteiger partial charge on any atom is 0.138 e. The summed E-state index contributed by atoms with van der Waals surface area (Å²) in [4.78, 5) is 4.35. The number of nitrogens with one attached hydrogen (secondary N) is 1. The molecule has 1 aromatic carbocycles. The molecule has 0 aliphatic rings. The summed E-state index contributed by atoms with van der Waals surface area (Å²) >= 11 is 0. The van der Waals surface area contributed by atoms with E-state index in [-0.39, 0.29) is 17.8 Å². The lowest BCUT2D eigenvalue weighted by atomic mass is 9.95. The number of rotatable bonds is 6. The van der Waals surface area contributed by atoms with Gasteiger partial charge >= 0.3 is 0 Å². The van der Waals surface area contributed by atoms with E-state index in [0.717, 1.165) is 24.4 Å². The first-order chi connectivity index (χ1) is 9.61. The summed E-state index contributed by atoms with van der Waals surface area (Å²) < 4.78 is 15.0. The maximum atomic E-state index is 13.0. The van der Waals surface area contributed by atoms with Crippen molar-refractivity contribution in [3.05, 3.63) is 47.8 Å². The van der Waals surface area contributed by atoms with Gasteiger partial charge in [0.05, 0.1) is 0 Å². The summed E-state index contributed by atoms with van der Waals surface area (Å²) in [6, 6.07) is 6.98. The zero-order chi connectivity index (χ0) is 14.5. The fourth-order valence-electron chi connectivity index (χ4n) is 2.36. The van der Waals surface area contributed by atoms with Crippen LogP contribution in [-0.2, 0) is 6.42 Å². The van der Waals surface area contributed by atoms with E-state index in [1.165, 1.54) is 12.1 Å². The van der Waals surface area contributed by atoms with E-state index in [0.29, 0.717) is 0 Å². The highest BCUT2D eigenvalue weighted by molar-refractivity contribution is 5.22. The van der Waals surface area contributed by atoms with E-state index in [9.17, 15) is 4.39 Å². The molecule has 4 nitrogen and oxygen atoms in total. The van der Waals surface area contributed by atoms with Gasteiger partial charge in [-0.3, -0.25) is 0 Å². The Labute approximate surface area is 119 Å². The Balaban J connectivity index is 2.21. The van der Waals surface area contributed by atoms with Crippen molar-refractivity contribution in [1.82, 2.24) is 20.1 Å². The second kappa shape index (κ2) is 6.61. The van der Waals surface area contributed by atoms with Gasteiger partial charge in [-0.1, -0.05) is 12.1 Å². The molecular formula is C15H21FN4. The van der Waals surface area contributed by atoms with Gasteiger partial charge in [-0.2, -0.15) is 5.10 Å². The minimum atomic E-state index is -0.206. The third kappa shape index (κ3) is 3.42. The monoisotopic (exact) mass is 276 g/mol. The molecule has 0 saturated heterocycles. The lowest BCUT2D eigenvalue weighted by Crippen LogP contribution is -2.21. The second-order valence-electron chi connectivity index (χ2n) is 5.22. The fourth-order valence-corrected chi connectivity index (χ4v) is 2.36. The molecule has 0 fully saturated rings. The van der Waals surface area contributed by atoms with Gasteiger partial charge in [0.1, 0.15) is 18.0 Å². The van der Waals surface area contributed by atoms with Crippen LogP contribution in [0.2, 0.25) is 0 Å². The first kappa shape index (κ1) is 14.7. The molecular weight excluding hydrogens is 255 g/mol. The van der Waals surface area contributed by atoms with Crippen LogP contribution in [0.25, 0.3) is 0 Å². The van der Waals surface area contributed by atoms with Crippen molar-refractivity contribution in [2.24, 2.45) is 0 Å². The summed E-state index contributed by atoms with van der Waals surface area (Å²) in [5, 5.41) is 7.45. The SMILES string of the molecule is CNCC(Cc1ncnn1C(C)C)c1ccc(F)cc1. The van der Waals surface area contributed by atoms with Crippen LogP contribution in [0.15, 0.2) is 30.6 Å². The predicted molar refractivity (Wildman–Crippen MR) is 77.2 cm³/mol. The average Bonchev–Trinajstić information content (AvgIpc) is 2.87. The van der Waals surface area contributed by atoms with E-state index in [2.05, 4.69) is 29.2 Å². The van der Waals surface area contributed by atoms with Gasteiger partial charge in [0, 0.05) is 24.9 Å². The number of hydrogen-bond acceptors (Lipinski definition) is 3. The molecule has 1 atom stereocenters. The molecule has 0 bridgehead atoms. The lowest BCUT2D eigenvalue weighted by Gasteiger charge is -2.18. The first-order valence-electron chi connectivity index (χ1n) is 6.90. The van der Waals surface area contributed by atoms with Crippen molar-refractivity contribution in [3.63, 3.8) is 0 Å². The summed E-state index contributed by atoms with van der Waals surface area (Å²) in [5.41, 5.74) is 1.11. The molecule has 1 heterocycles. The Bertz CT molecular complexity index is 533. The van der Waals surface area contributed by atoms with Crippen molar-refractivity contribution in [3.8, 4) is 0 Å². The quantitative estimate of drug-likeness (QED) is 0.881. The molecule has 108 valence electrons. The summed E-state index contributed by atoms with van der Waals surface area (Å²) in [5.74, 6) is 1.01. The molecule has 0 aliphatic heterocycles. The Kier molecular flexibility index (Phi) is 4.84. The molecule has 0 spiro atoms. The number of likely N-dealkylation sites (N-methyl/N-ethyl adjacent to an activating group) is 1. The largest absolute Gasteiger partial charge is 0.319 e. The lowest BCUT2D eigenvalue weighted by molar-refractivity contribution is 0.487. The Morgan fingerprint density at radius 1 is 1.25 bits per heavy atom. The first-order valence-corrected chi connectivity index (χ1v) is 6.90. The number of halogens is 1. The topological polar surface area (TPSA) is 42.7 Å². The molecule has 2 aromatic rings. The van der Waals surface area contributed by atoms with Crippen LogP contribution in [-0.4, -0.2) is 28.4 Å². The zero-order valence-electron chi connectivity index (χ0n) is 12.2. The van der Waals surface area contributed by atoms with Gasteiger partial charge < -0.3 is 5.32 Å². The molecule has 1 N–H and O–H groups in total. The highest BCUT2D eigenvalue weighted by Crippen LogP contribution is 2.21. The van der Waals surface area contributed by atoms with Gasteiger partial charge in [0.25, 0.3) is 0 Å². The van der Waals surface area contributed by atoms with E-state index in [1.807, 2.05) is 23.9 Å². The van der Waals surface area contributed by atoms with Crippen LogP contribution in [0, 0.1) is 5.82 Å². The standard InChI is InChI=1S/C15H21FN4/c1-11(2)20-15(18-10-19-20)8-13(9-17-3)12-4-6-14(16)7-5-12/h4-7,10-11,13,17H,8-9H2,1-3H3. The molecule has 5 heteroatoms. The van der Waals surface area contributed by atoms with E-state index in [4.69, 9.17) is 0 Å². The van der Waals surface area contributed by atoms with Crippen LogP contribution in [0.3, 0.4) is 0 Å². The Morgan fingerprint density at radius 3 is 2.55 bits per heavy atom. The van der Waals surface area contributed by atoms with E-state index >= 15 is 0 Å². The molecule has 1 unspecified atom stereocenters. The van der Waals surface area contributed by atoms with E-state index < -0.39 is 0 Å². The number of hydrogen-bond donors (Lipinski definition) is 1. The number of nitrogens with zero attached hydrogens (tertiary/aromatic N) is 3. The van der Waals surface area contributed by atoms with Crippen molar-refractivity contribution in [1.29, 1.82) is 0 Å². The van der Waals surface area contributed by atoms with Gasteiger partial charge in [0.15, 0.2) is 0 Å². The number of aromatic nitrogens is 3. The zero-order valence-corrected chi connectivity index (χ0v) is 12.2. The summed E-state index contributed by atoms with van der Waals surface area (Å²) in [6.07, 6.45) is 2.38. The van der Waals surface area contributed by atoms with Crippen LogP contribution in [0.5, 0.6) is 0 Å². The summed E-state index contributed by atoms with van der Waals surface area (Å²) in [6.45, 7) is 4.99. The van der Waals surface area contributed by atoms with Crippen molar-refractivity contribution < 1.29 is 4.39 Å². The average molecular weight is 276 g/mol. The third-order valence-corrected chi connectivity index (χ3v) is 3.36. The minimum Gasteiger partial charge on any atom is -0.319 e. The van der Waals surface area contributed by atoms with Gasteiger partial charge in [-0.15, -0.1) is 0 Å². The highest BCUT2D eigenvalue weighted by Gasteiger charge is 2.16. The van der Waals surface area contributed by atoms with Crippen LogP contribution in [0.4, 0.5) is 4.39 Å². The fraction of sp³-hybridized carbons (Fsp3) is 0.467. The smallest absolute Gasteiger partial charge is 0.138 e. The normalized spacial score (nSPS) is 12.8. The molecule has 0 radical (unpaired) electrons. The van der Waals surface area contributed by atoms with Crippen LogP contribution in [0.1, 0.15) is 37.2 Å². The molecule has 0 amide bonds. The molecule has 1 aromatic heterocycles. The third-order valence-electron chi connectivity index (χ3n) is 3.36. The highest BCUT2D eigenvalue weighted by atomic mass is 19.1. The maximum absolute atomic E-state index is 13.0. The molecule has 0 aliphatic carbocycles. The second-order valence-corrected chi connectivity index (χ2v) is 5.22.